The molecule has 336 valence electrons. The second-order valence-corrected chi connectivity index (χ2v) is 18.5. The van der Waals surface area contributed by atoms with Crippen molar-refractivity contribution < 1.29 is 13.9 Å². The molecule has 1 N–H and O–H groups in total. The van der Waals surface area contributed by atoms with Crippen LogP contribution < -0.4 is 15.1 Å². The van der Waals surface area contributed by atoms with Crippen LogP contribution in [0.5, 0.6) is 5.75 Å². The Kier molecular flexibility index (Phi) is 15.7. The molecule has 0 aliphatic heterocycles. The number of rotatable bonds is 18. The van der Waals surface area contributed by atoms with Gasteiger partial charge in [0, 0.05) is 47.0 Å². The molecule has 0 saturated heterocycles. The lowest BCUT2D eigenvalue weighted by molar-refractivity contribution is -0.117. The van der Waals surface area contributed by atoms with Gasteiger partial charge in [0.25, 0.3) is 0 Å². The van der Waals surface area contributed by atoms with E-state index in [2.05, 4.69) is 121 Å². The minimum atomic E-state index is -0.350. The van der Waals surface area contributed by atoms with Crippen LogP contribution in [-0.2, 0) is 11.2 Å². The van der Waals surface area contributed by atoms with E-state index in [1.165, 1.54) is 73.3 Å². The fraction of sp³-hybridized carbons (Fsp3) is 0.293. The van der Waals surface area contributed by atoms with Gasteiger partial charge in [0.1, 0.15) is 11.6 Å². The molecule has 0 bridgehead atoms. The molecule has 1 aliphatic rings. The molecule has 1 aliphatic carbocycles. The van der Waals surface area contributed by atoms with Gasteiger partial charge in [-0.05, 0) is 133 Å². The lowest BCUT2D eigenvalue weighted by Gasteiger charge is -2.26. The number of carbonyl (C=O) groups is 1. The number of nitrogens with one attached hydrogen (secondary N) is 1. The van der Waals surface area contributed by atoms with E-state index in [4.69, 9.17) is 14.8 Å². The molecule has 1 aromatic heterocycles. The third-order valence-corrected chi connectivity index (χ3v) is 13.4. The monoisotopic (exact) mass is 894 g/mol. The van der Waals surface area contributed by atoms with Crippen LogP contribution >= 0.6 is 11.3 Å². The molecule has 1 amide bonds. The Morgan fingerprint density at radius 1 is 0.864 bits per heavy atom. The largest absolute Gasteiger partial charge is 0.493 e. The van der Waals surface area contributed by atoms with Gasteiger partial charge < -0.3 is 10.1 Å². The predicted octanol–water partition coefficient (Wildman–Crippen LogP) is 14.3. The molecule has 6 nitrogen and oxygen atoms in total. The smallest absolute Gasteiger partial charge is 0.246 e. The van der Waals surface area contributed by atoms with Gasteiger partial charge >= 0.3 is 0 Å². The van der Waals surface area contributed by atoms with Gasteiger partial charge in [0.15, 0.2) is 0 Å². The van der Waals surface area contributed by atoms with Crippen molar-refractivity contribution in [1.82, 2.24) is 10.3 Å². The standard InChI is InChI=1S/C58H59FN4O2S/c1-4-5-7-14-42-21-26-46(27-22-42)50-33-30-48-37-44(20-19-43-23-28-47(29-24-43)52-34-31-49(38-54(52)59)65-36-13-12-35-60-57(64)41(2)3)25-32-51(48)53(50)39-61-63(40-45-15-8-6-9-16-45)58-62-55-17-10-11-18-56(55)66-58/h10-11,17-18,21-34,37-39,45H,2,4-9,12-16,35-36,40H2,1,3H3,(H,60,64)/b61-39+. The Morgan fingerprint density at radius 2 is 1.61 bits per heavy atom. The SMILES string of the molecule is C=C(C)C(=O)NCCCCOc1ccc(-c2ccc(C#Cc3ccc4c(/C=N/N(CC5CCCCC5)c5nc6ccccc6s5)c(-c5ccc(CCCCC)cc5)ccc4c3)cc2)c(F)c1. The molecule has 8 rings (SSSR count). The van der Waals surface area contributed by atoms with E-state index >= 15 is 4.39 Å². The lowest BCUT2D eigenvalue weighted by atomic mass is 9.89. The summed E-state index contributed by atoms with van der Waals surface area (Å²) in [5.41, 5.74) is 9.26. The first kappa shape index (κ1) is 46.0. The van der Waals surface area contributed by atoms with Crippen LogP contribution in [0.4, 0.5) is 9.52 Å². The molecule has 0 unspecified atom stereocenters. The summed E-state index contributed by atoms with van der Waals surface area (Å²) in [5.74, 6) is 7.27. The molecule has 8 heteroatoms. The summed E-state index contributed by atoms with van der Waals surface area (Å²) < 4.78 is 22.2. The van der Waals surface area contributed by atoms with Gasteiger partial charge in [-0.15, -0.1) is 0 Å². The summed E-state index contributed by atoms with van der Waals surface area (Å²) in [6, 6.07) is 40.9. The number of aryl methyl sites for hydroxylation is 1. The second kappa shape index (κ2) is 22.6. The van der Waals surface area contributed by atoms with Gasteiger partial charge in [-0.2, -0.15) is 5.10 Å². The minimum Gasteiger partial charge on any atom is -0.493 e. The van der Waals surface area contributed by atoms with E-state index in [-0.39, 0.29) is 11.7 Å². The summed E-state index contributed by atoms with van der Waals surface area (Å²) in [6.07, 6.45) is 14.6. The zero-order valence-electron chi connectivity index (χ0n) is 38.3. The van der Waals surface area contributed by atoms with Crippen molar-refractivity contribution in [1.29, 1.82) is 0 Å². The first-order valence-electron chi connectivity index (χ1n) is 23.6. The molecule has 1 fully saturated rings. The van der Waals surface area contributed by atoms with Crippen LogP contribution in [0.15, 0.2) is 139 Å². The lowest BCUT2D eigenvalue weighted by Crippen LogP contribution is -2.26. The Labute approximate surface area is 393 Å². The minimum absolute atomic E-state index is 0.146. The maximum Gasteiger partial charge on any atom is 0.246 e. The van der Waals surface area contributed by atoms with E-state index in [1.54, 1.807) is 30.4 Å². The van der Waals surface area contributed by atoms with E-state index in [0.717, 1.165) is 75.0 Å². The third kappa shape index (κ3) is 12.0. The fourth-order valence-electron chi connectivity index (χ4n) is 8.61. The highest BCUT2D eigenvalue weighted by Crippen LogP contribution is 2.34. The van der Waals surface area contributed by atoms with Gasteiger partial charge in [-0.1, -0.05) is 136 Å². The molecule has 0 spiro atoms. The topological polar surface area (TPSA) is 66.8 Å². The number of benzene rings is 6. The molecule has 0 radical (unpaired) electrons. The first-order chi connectivity index (χ1) is 32.3. The van der Waals surface area contributed by atoms with Crippen molar-refractivity contribution in [2.24, 2.45) is 11.0 Å². The summed E-state index contributed by atoms with van der Waals surface area (Å²) >= 11 is 1.71. The molecule has 7 aromatic rings. The maximum absolute atomic E-state index is 15.3. The molecule has 66 heavy (non-hydrogen) atoms. The number of hydrazone groups is 1. The quantitative estimate of drug-likeness (QED) is 0.0306. The van der Waals surface area contributed by atoms with Crippen molar-refractivity contribution in [3.05, 3.63) is 162 Å². The normalized spacial score (nSPS) is 12.9. The number of hydrogen-bond donors (Lipinski definition) is 1. The Hall–Kier alpha value is -6.56. The molecule has 1 saturated carbocycles. The number of carbonyl (C=O) groups excluding carboxylic acids is 1. The summed E-state index contributed by atoms with van der Waals surface area (Å²) in [7, 11) is 0. The van der Waals surface area contributed by atoms with E-state index in [9.17, 15) is 4.79 Å². The number of hydrogen-bond acceptors (Lipinski definition) is 6. The van der Waals surface area contributed by atoms with Crippen molar-refractivity contribution in [3.8, 4) is 39.8 Å². The Balaban J connectivity index is 1.02. The zero-order chi connectivity index (χ0) is 45.7. The summed E-state index contributed by atoms with van der Waals surface area (Å²) in [5, 5.41) is 13.4. The molecule has 0 atom stereocenters. The number of para-hydroxylation sites is 1. The summed E-state index contributed by atoms with van der Waals surface area (Å²) in [6.45, 7) is 9.40. The molecule has 1 heterocycles. The number of ether oxygens (including phenoxy) is 1. The van der Waals surface area contributed by atoms with Gasteiger partial charge in [-0.3, -0.25) is 4.79 Å². The molecular weight excluding hydrogens is 836 g/mol. The van der Waals surface area contributed by atoms with Crippen molar-refractivity contribution in [2.45, 2.75) is 84.5 Å². The van der Waals surface area contributed by atoms with E-state index in [0.29, 0.717) is 36.0 Å². The van der Waals surface area contributed by atoms with Crippen LogP contribution in [0.2, 0.25) is 0 Å². The average molecular weight is 895 g/mol. The maximum atomic E-state index is 15.3. The summed E-state index contributed by atoms with van der Waals surface area (Å²) in [4.78, 5) is 16.7. The number of thiazole rings is 1. The van der Waals surface area contributed by atoms with Crippen LogP contribution in [0.25, 0.3) is 43.2 Å². The van der Waals surface area contributed by atoms with Crippen molar-refractivity contribution in [3.63, 3.8) is 0 Å². The van der Waals surface area contributed by atoms with E-state index in [1.807, 2.05) is 24.3 Å². The van der Waals surface area contributed by atoms with Crippen molar-refractivity contribution >= 4 is 49.6 Å². The number of halogens is 1. The van der Waals surface area contributed by atoms with Crippen molar-refractivity contribution in [2.75, 3.05) is 24.7 Å². The Bertz CT molecular complexity index is 2830. The van der Waals surface area contributed by atoms with Gasteiger partial charge in [-0.25, -0.2) is 14.4 Å². The van der Waals surface area contributed by atoms with Gasteiger partial charge in [0.05, 0.1) is 23.0 Å². The fourth-order valence-corrected chi connectivity index (χ4v) is 9.54. The number of anilines is 1. The number of fused-ring (bicyclic) bond motifs is 2. The van der Waals surface area contributed by atoms with Gasteiger partial charge in [0.2, 0.25) is 11.0 Å². The predicted molar refractivity (Wildman–Crippen MR) is 274 cm³/mol. The highest BCUT2D eigenvalue weighted by atomic mass is 32.1. The second-order valence-electron chi connectivity index (χ2n) is 17.5. The third-order valence-electron chi connectivity index (χ3n) is 12.4. The van der Waals surface area contributed by atoms with Crippen LogP contribution in [-0.4, -0.2) is 36.8 Å². The number of nitrogens with zero attached hydrogens (tertiary/aromatic N) is 3. The highest BCUT2D eigenvalue weighted by Gasteiger charge is 2.20. The zero-order valence-corrected chi connectivity index (χ0v) is 39.1. The van der Waals surface area contributed by atoms with Crippen LogP contribution in [0, 0.1) is 23.6 Å². The van der Waals surface area contributed by atoms with Crippen LogP contribution in [0.1, 0.15) is 100 Å². The molecule has 6 aromatic carbocycles. The highest BCUT2D eigenvalue weighted by molar-refractivity contribution is 7.22. The average Bonchev–Trinajstić information content (AvgIpc) is 3.78. The molecular formula is C58H59FN4O2S. The number of amides is 1. The van der Waals surface area contributed by atoms with E-state index < -0.39 is 0 Å². The first-order valence-corrected chi connectivity index (χ1v) is 24.4. The van der Waals surface area contributed by atoms with Crippen LogP contribution in [0.3, 0.4) is 0 Å². The Morgan fingerprint density at radius 3 is 2.38 bits per heavy atom. The number of unbranched alkanes of at least 4 members (excludes halogenated alkanes) is 3. The number of aromatic nitrogens is 1.